The lowest BCUT2D eigenvalue weighted by molar-refractivity contribution is 0.354. The Bertz CT molecular complexity index is 1080. The topological polar surface area (TPSA) is 85.9 Å². The van der Waals surface area contributed by atoms with E-state index in [4.69, 9.17) is 20.3 Å². The van der Waals surface area contributed by atoms with E-state index in [1.807, 2.05) is 41.4 Å². The zero-order valence-corrected chi connectivity index (χ0v) is 18.4. The van der Waals surface area contributed by atoms with Crippen molar-refractivity contribution in [3.05, 3.63) is 58.1 Å². The molecule has 1 aromatic heterocycles. The first-order valence-corrected chi connectivity index (χ1v) is 10.7. The fourth-order valence-corrected chi connectivity index (χ4v) is 4.37. The molecule has 4 rings (SSSR count). The molecule has 8 heteroatoms. The highest BCUT2D eigenvalue weighted by Crippen LogP contribution is 2.36. The summed E-state index contributed by atoms with van der Waals surface area (Å²) in [4.78, 5) is 0. The van der Waals surface area contributed by atoms with Gasteiger partial charge in [0.2, 0.25) is 5.13 Å². The van der Waals surface area contributed by atoms with Gasteiger partial charge >= 0.3 is 0 Å². The van der Waals surface area contributed by atoms with Crippen LogP contribution in [0.3, 0.4) is 0 Å². The zero-order chi connectivity index (χ0) is 21.3. The predicted molar refractivity (Wildman–Crippen MR) is 121 cm³/mol. The zero-order valence-electron chi connectivity index (χ0n) is 17.5. The average molecular weight is 424 g/mol. The van der Waals surface area contributed by atoms with Gasteiger partial charge in [-0.15, -0.1) is 10.2 Å². The number of benzene rings is 2. The molecule has 7 nitrogen and oxygen atoms in total. The van der Waals surface area contributed by atoms with E-state index >= 15 is 0 Å². The van der Waals surface area contributed by atoms with Crippen LogP contribution in [0.4, 0.5) is 10.8 Å². The fourth-order valence-electron chi connectivity index (χ4n) is 3.54. The predicted octanol–water partition coefficient (Wildman–Crippen LogP) is 3.90. The molecule has 0 saturated heterocycles. The van der Waals surface area contributed by atoms with E-state index in [0.717, 1.165) is 45.4 Å². The molecule has 30 heavy (non-hydrogen) atoms. The van der Waals surface area contributed by atoms with Gasteiger partial charge in [0, 0.05) is 16.8 Å². The number of nitrogen functional groups attached to an aromatic ring is 1. The first-order chi connectivity index (χ1) is 14.5. The van der Waals surface area contributed by atoms with Crippen LogP contribution in [0.5, 0.6) is 11.5 Å². The summed E-state index contributed by atoms with van der Waals surface area (Å²) in [6, 6.07) is 11.9. The summed E-state index contributed by atoms with van der Waals surface area (Å²) in [5.74, 6) is 1.38. The molecule has 2 aromatic carbocycles. The Kier molecular flexibility index (Phi) is 5.59. The number of hydrogen-bond donors (Lipinski definition) is 1. The molecule has 1 unspecified atom stereocenters. The number of hydrogen-bond acceptors (Lipinski definition) is 8. The number of ether oxygens (including phenoxy) is 2. The molecule has 0 spiro atoms. The van der Waals surface area contributed by atoms with Crippen molar-refractivity contribution in [2.45, 2.75) is 32.7 Å². The normalized spacial score (nSPS) is 15.9. The summed E-state index contributed by atoms with van der Waals surface area (Å²) in [6.45, 7) is 4.22. The number of rotatable bonds is 5. The van der Waals surface area contributed by atoms with Gasteiger partial charge < -0.3 is 15.2 Å². The van der Waals surface area contributed by atoms with Gasteiger partial charge in [-0.25, -0.2) is 5.01 Å². The van der Waals surface area contributed by atoms with Crippen LogP contribution in [0, 0.1) is 0 Å². The molecule has 0 radical (unpaired) electrons. The van der Waals surface area contributed by atoms with Gasteiger partial charge in [-0.3, -0.25) is 0 Å². The molecule has 0 fully saturated rings. The van der Waals surface area contributed by atoms with Gasteiger partial charge in [0.25, 0.3) is 0 Å². The maximum atomic E-state index is 5.92. The summed E-state index contributed by atoms with van der Waals surface area (Å²) in [6.07, 6.45) is 1.63. The first kappa shape index (κ1) is 20.2. The van der Waals surface area contributed by atoms with Gasteiger partial charge in [-0.1, -0.05) is 30.4 Å². The van der Waals surface area contributed by atoms with Crippen molar-refractivity contribution in [3.8, 4) is 11.5 Å². The second-order valence-corrected chi connectivity index (χ2v) is 8.21. The average Bonchev–Trinajstić information content (AvgIpc) is 3.18. The smallest absolute Gasteiger partial charge is 0.228 e. The van der Waals surface area contributed by atoms with Crippen molar-refractivity contribution in [1.29, 1.82) is 0 Å². The number of fused-ring (bicyclic) bond motifs is 1. The van der Waals surface area contributed by atoms with Gasteiger partial charge in [-0.2, -0.15) is 5.10 Å². The van der Waals surface area contributed by atoms with Crippen LogP contribution in [0.2, 0.25) is 0 Å². The third-order valence-corrected chi connectivity index (χ3v) is 6.20. The second kappa shape index (κ2) is 8.31. The first-order valence-electron chi connectivity index (χ1n) is 9.85. The molecule has 2 heterocycles. The van der Waals surface area contributed by atoms with Crippen LogP contribution in [0.25, 0.3) is 0 Å². The number of methoxy groups -OCH3 is 2. The standard InChI is InChI=1S/C22H25N5O2S/c1-5-20-24-25-22(30-20)27-13(2)10-15-11-18(28-3)19(29-4)12-17(15)21(26-27)14-6-8-16(23)9-7-14/h6-9,11-13H,5,10,23H2,1-4H3. The number of anilines is 2. The summed E-state index contributed by atoms with van der Waals surface area (Å²) in [7, 11) is 3.29. The van der Waals surface area contributed by atoms with E-state index in [2.05, 4.69) is 24.0 Å². The van der Waals surface area contributed by atoms with Crippen molar-refractivity contribution in [2.24, 2.45) is 5.10 Å². The number of aromatic nitrogens is 2. The molecule has 1 aliphatic heterocycles. The van der Waals surface area contributed by atoms with Crippen molar-refractivity contribution in [1.82, 2.24) is 10.2 Å². The monoisotopic (exact) mass is 423 g/mol. The lowest BCUT2D eigenvalue weighted by atomic mass is 9.94. The van der Waals surface area contributed by atoms with Crippen molar-refractivity contribution in [3.63, 3.8) is 0 Å². The Morgan fingerprint density at radius 2 is 1.80 bits per heavy atom. The lowest BCUT2D eigenvalue weighted by Gasteiger charge is -2.22. The van der Waals surface area contributed by atoms with Gasteiger partial charge in [0.15, 0.2) is 11.5 Å². The van der Waals surface area contributed by atoms with Crippen LogP contribution in [-0.2, 0) is 12.8 Å². The largest absolute Gasteiger partial charge is 0.493 e. The quantitative estimate of drug-likeness (QED) is 0.627. The minimum atomic E-state index is 0.0887. The second-order valence-electron chi connectivity index (χ2n) is 7.16. The van der Waals surface area contributed by atoms with Crippen molar-refractivity contribution in [2.75, 3.05) is 25.0 Å². The van der Waals surface area contributed by atoms with Gasteiger partial charge in [0.05, 0.1) is 26.0 Å². The highest BCUT2D eigenvalue weighted by atomic mass is 32.1. The molecule has 1 aliphatic rings. The molecular formula is C22H25N5O2S. The lowest BCUT2D eigenvalue weighted by Crippen LogP contribution is -2.29. The van der Waals surface area contributed by atoms with Crippen molar-refractivity contribution >= 4 is 27.9 Å². The summed E-state index contributed by atoms with van der Waals surface area (Å²) in [5, 5.41) is 17.5. The van der Waals surface area contributed by atoms with E-state index in [9.17, 15) is 0 Å². The van der Waals surface area contributed by atoms with Crippen LogP contribution in [-0.4, -0.2) is 36.2 Å². The van der Waals surface area contributed by atoms with Gasteiger partial charge in [-0.05, 0) is 49.6 Å². The van der Waals surface area contributed by atoms with Crippen LogP contribution in [0.1, 0.15) is 35.5 Å². The molecule has 0 aliphatic carbocycles. The molecule has 156 valence electrons. The third kappa shape index (κ3) is 3.70. The minimum Gasteiger partial charge on any atom is -0.493 e. The van der Waals surface area contributed by atoms with E-state index in [1.165, 1.54) is 0 Å². The molecule has 2 N–H and O–H groups in total. The SMILES string of the molecule is CCc1nnc(N2N=C(c3ccc(N)cc3)c3cc(OC)c(OC)cc3CC2C)s1. The van der Waals surface area contributed by atoms with Crippen LogP contribution >= 0.6 is 11.3 Å². The highest BCUT2D eigenvalue weighted by molar-refractivity contribution is 7.15. The van der Waals surface area contributed by atoms with E-state index in [1.54, 1.807) is 25.6 Å². The van der Waals surface area contributed by atoms with E-state index in [-0.39, 0.29) is 6.04 Å². The van der Waals surface area contributed by atoms with E-state index < -0.39 is 0 Å². The van der Waals surface area contributed by atoms with Crippen LogP contribution < -0.4 is 20.2 Å². The Balaban J connectivity index is 1.91. The summed E-state index contributed by atoms with van der Waals surface area (Å²) >= 11 is 1.57. The molecular weight excluding hydrogens is 398 g/mol. The Morgan fingerprint density at radius 3 is 2.43 bits per heavy atom. The molecule has 0 saturated carbocycles. The Morgan fingerprint density at radius 1 is 1.10 bits per heavy atom. The third-order valence-electron chi connectivity index (χ3n) is 5.14. The summed E-state index contributed by atoms with van der Waals surface area (Å²) in [5.41, 5.74) is 10.6. The Hall–Kier alpha value is -3.13. The summed E-state index contributed by atoms with van der Waals surface area (Å²) < 4.78 is 11.1. The highest BCUT2D eigenvalue weighted by Gasteiger charge is 2.28. The number of nitrogens with two attached hydrogens (primary N) is 1. The van der Waals surface area contributed by atoms with Gasteiger partial charge in [0.1, 0.15) is 5.01 Å². The molecule has 1 atom stereocenters. The number of aryl methyl sites for hydroxylation is 1. The molecule has 0 amide bonds. The number of hydrazone groups is 1. The van der Waals surface area contributed by atoms with E-state index in [0.29, 0.717) is 17.2 Å². The molecule has 3 aromatic rings. The minimum absolute atomic E-state index is 0.0887. The number of nitrogens with zero attached hydrogens (tertiary/aromatic N) is 4. The fraction of sp³-hybridized carbons (Fsp3) is 0.318. The van der Waals surface area contributed by atoms with Crippen molar-refractivity contribution < 1.29 is 9.47 Å². The Labute approximate surface area is 180 Å². The maximum Gasteiger partial charge on any atom is 0.228 e. The molecule has 0 bridgehead atoms. The van der Waals surface area contributed by atoms with Crippen LogP contribution in [0.15, 0.2) is 41.5 Å². The maximum absolute atomic E-state index is 5.92.